The normalized spacial score (nSPS) is 13.3. The molecule has 0 heterocycles. The summed E-state index contributed by atoms with van der Waals surface area (Å²) in [6.45, 7) is 2.80. The molecule has 0 saturated carbocycles. The molecule has 7 heteroatoms. The van der Waals surface area contributed by atoms with Gasteiger partial charge in [-0.05, 0) is 28.2 Å². The van der Waals surface area contributed by atoms with Crippen LogP contribution in [0.2, 0.25) is 0 Å². The zero-order valence-corrected chi connectivity index (χ0v) is 16.3. The molecule has 0 saturated heterocycles. The standard InChI is InChI=1S/C22H23NO6/c1-13(2)20(21(26)28-12-19(24)25)23-22(27)29-11-18-16-9-5-3-7-14(16)15-8-4-6-10-17(15)18/h3-10,13,18,20H,11-12H2,1-2H3,(H,23,27)(H,24,25)/t20-/m0/s1. The van der Waals surface area contributed by atoms with Crippen LogP contribution in [-0.2, 0) is 19.1 Å². The molecule has 2 aromatic rings. The lowest BCUT2D eigenvalue weighted by molar-refractivity contribution is -0.157. The topological polar surface area (TPSA) is 102 Å². The van der Waals surface area contributed by atoms with Gasteiger partial charge in [-0.3, -0.25) is 0 Å². The molecule has 2 aromatic carbocycles. The maximum absolute atomic E-state index is 12.3. The van der Waals surface area contributed by atoms with Crippen LogP contribution in [0.1, 0.15) is 30.9 Å². The minimum atomic E-state index is -1.26. The number of amides is 1. The van der Waals surface area contributed by atoms with Gasteiger partial charge < -0.3 is 19.9 Å². The average molecular weight is 397 g/mol. The molecule has 152 valence electrons. The lowest BCUT2D eigenvalue weighted by Crippen LogP contribution is -2.46. The Morgan fingerprint density at radius 2 is 1.52 bits per heavy atom. The average Bonchev–Trinajstić information content (AvgIpc) is 3.02. The number of ether oxygens (including phenoxy) is 2. The number of hydrogen-bond acceptors (Lipinski definition) is 5. The fourth-order valence-corrected chi connectivity index (χ4v) is 3.49. The number of alkyl carbamates (subject to hydrolysis) is 1. The van der Waals surface area contributed by atoms with Crippen molar-refractivity contribution in [3.05, 3.63) is 59.7 Å². The molecule has 0 radical (unpaired) electrons. The number of nitrogens with one attached hydrogen (secondary N) is 1. The van der Waals surface area contributed by atoms with E-state index in [9.17, 15) is 14.4 Å². The number of carboxylic acids is 1. The molecule has 7 nitrogen and oxygen atoms in total. The third kappa shape index (κ3) is 4.56. The van der Waals surface area contributed by atoms with E-state index >= 15 is 0 Å². The Morgan fingerprint density at radius 3 is 2.03 bits per heavy atom. The van der Waals surface area contributed by atoms with E-state index in [0.29, 0.717) is 0 Å². The maximum atomic E-state index is 12.3. The third-order valence-electron chi connectivity index (χ3n) is 4.88. The second-order valence-electron chi connectivity index (χ2n) is 7.19. The van der Waals surface area contributed by atoms with Crippen molar-refractivity contribution in [2.45, 2.75) is 25.8 Å². The van der Waals surface area contributed by atoms with Gasteiger partial charge in [-0.2, -0.15) is 0 Å². The van der Waals surface area contributed by atoms with Crippen molar-refractivity contribution in [1.29, 1.82) is 0 Å². The molecule has 1 aliphatic carbocycles. The number of aliphatic carboxylic acids is 1. The number of benzene rings is 2. The second-order valence-corrected chi connectivity index (χ2v) is 7.19. The Balaban J connectivity index is 1.66. The predicted octanol–water partition coefficient (Wildman–Crippen LogP) is 3.18. The van der Waals surface area contributed by atoms with Crippen LogP contribution in [0.15, 0.2) is 48.5 Å². The van der Waals surface area contributed by atoms with Gasteiger partial charge >= 0.3 is 18.0 Å². The number of carboxylic acid groups (broad SMARTS) is 1. The molecule has 2 N–H and O–H groups in total. The van der Waals surface area contributed by atoms with Gasteiger partial charge in [0.05, 0.1) is 0 Å². The molecule has 1 atom stereocenters. The molecule has 0 spiro atoms. The summed E-state index contributed by atoms with van der Waals surface area (Å²) in [5.41, 5.74) is 4.41. The van der Waals surface area contributed by atoms with Crippen LogP contribution in [0.25, 0.3) is 11.1 Å². The van der Waals surface area contributed by atoms with Crippen LogP contribution in [0, 0.1) is 5.92 Å². The summed E-state index contributed by atoms with van der Waals surface area (Å²) in [7, 11) is 0. The van der Waals surface area contributed by atoms with Crippen molar-refractivity contribution in [2.75, 3.05) is 13.2 Å². The number of carbonyl (C=O) groups excluding carboxylic acids is 2. The first-order chi connectivity index (χ1) is 13.9. The van der Waals surface area contributed by atoms with Crippen LogP contribution in [0.3, 0.4) is 0 Å². The van der Waals surface area contributed by atoms with Gasteiger partial charge in [0.2, 0.25) is 0 Å². The molecule has 0 aromatic heterocycles. The summed E-state index contributed by atoms with van der Waals surface area (Å²) in [6, 6.07) is 15.0. The van der Waals surface area contributed by atoms with Gasteiger partial charge in [-0.15, -0.1) is 0 Å². The Hall–Kier alpha value is -3.35. The Bertz CT molecular complexity index is 878. The van der Waals surface area contributed by atoms with E-state index in [1.807, 2.05) is 48.5 Å². The van der Waals surface area contributed by atoms with E-state index in [0.717, 1.165) is 22.3 Å². The van der Waals surface area contributed by atoms with Gasteiger partial charge in [0.1, 0.15) is 12.6 Å². The SMILES string of the molecule is CC(C)[C@H](NC(=O)OCC1c2ccccc2-c2ccccc21)C(=O)OCC(=O)O. The van der Waals surface area contributed by atoms with Crippen LogP contribution >= 0.6 is 0 Å². The highest BCUT2D eigenvalue weighted by Crippen LogP contribution is 2.44. The molecule has 0 fully saturated rings. The minimum Gasteiger partial charge on any atom is -0.479 e. The van der Waals surface area contributed by atoms with Crippen molar-refractivity contribution in [3.8, 4) is 11.1 Å². The number of hydrogen-bond donors (Lipinski definition) is 2. The number of fused-ring (bicyclic) bond motifs is 3. The van der Waals surface area contributed by atoms with Gasteiger partial charge in [0.15, 0.2) is 6.61 Å². The maximum Gasteiger partial charge on any atom is 0.407 e. The molecule has 0 aliphatic heterocycles. The zero-order valence-electron chi connectivity index (χ0n) is 16.3. The predicted molar refractivity (Wildman–Crippen MR) is 105 cm³/mol. The first-order valence-corrected chi connectivity index (χ1v) is 9.38. The quantitative estimate of drug-likeness (QED) is 0.696. The van der Waals surface area contributed by atoms with Crippen LogP contribution in [0.4, 0.5) is 4.79 Å². The molecule has 0 unspecified atom stereocenters. The summed E-state index contributed by atoms with van der Waals surface area (Å²) >= 11 is 0. The third-order valence-corrected chi connectivity index (χ3v) is 4.88. The number of rotatable bonds is 7. The second kappa shape index (κ2) is 8.77. The first-order valence-electron chi connectivity index (χ1n) is 9.38. The van der Waals surface area contributed by atoms with Crippen molar-refractivity contribution < 1.29 is 29.0 Å². The lowest BCUT2D eigenvalue weighted by Gasteiger charge is -2.21. The molecular weight excluding hydrogens is 374 g/mol. The molecule has 1 aliphatic rings. The van der Waals surface area contributed by atoms with Gasteiger partial charge in [-0.25, -0.2) is 14.4 Å². The fourth-order valence-electron chi connectivity index (χ4n) is 3.49. The summed E-state index contributed by atoms with van der Waals surface area (Å²) in [6.07, 6.45) is -0.752. The van der Waals surface area contributed by atoms with Crippen LogP contribution in [0.5, 0.6) is 0 Å². The van der Waals surface area contributed by atoms with Gasteiger partial charge in [-0.1, -0.05) is 62.4 Å². The van der Waals surface area contributed by atoms with Crippen molar-refractivity contribution in [2.24, 2.45) is 5.92 Å². The monoisotopic (exact) mass is 397 g/mol. The highest BCUT2D eigenvalue weighted by atomic mass is 16.6. The molecule has 3 rings (SSSR count). The van der Waals surface area contributed by atoms with E-state index in [1.165, 1.54) is 0 Å². The zero-order chi connectivity index (χ0) is 21.0. The Morgan fingerprint density at radius 1 is 0.966 bits per heavy atom. The van der Waals surface area contributed by atoms with Crippen LogP contribution < -0.4 is 5.32 Å². The summed E-state index contributed by atoms with van der Waals surface area (Å²) in [5, 5.41) is 11.1. The van der Waals surface area contributed by atoms with Crippen LogP contribution in [-0.4, -0.2) is 42.4 Å². The van der Waals surface area contributed by atoms with Gasteiger partial charge in [0.25, 0.3) is 0 Å². The Kier molecular flexibility index (Phi) is 6.16. The Labute approximate surface area is 168 Å². The van der Waals surface area contributed by atoms with Crippen molar-refractivity contribution in [1.82, 2.24) is 5.32 Å². The summed E-state index contributed by atoms with van der Waals surface area (Å²) in [4.78, 5) is 35.0. The van der Waals surface area contributed by atoms with E-state index < -0.39 is 30.7 Å². The molecule has 0 bridgehead atoms. The highest BCUT2D eigenvalue weighted by Gasteiger charge is 2.31. The van der Waals surface area contributed by atoms with Gasteiger partial charge in [0, 0.05) is 5.92 Å². The number of esters is 1. The lowest BCUT2D eigenvalue weighted by atomic mass is 9.98. The highest BCUT2D eigenvalue weighted by molar-refractivity contribution is 5.83. The van der Waals surface area contributed by atoms with E-state index in [1.54, 1.807) is 13.8 Å². The largest absolute Gasteiger partial charge is 0.479 e. The van der Waals surface area contributed by atoms with E-state index in [4.69, 9.17) is 9.84 Å². The van der Waals surface area contributed by atoms with Crippen molar-refractivity contribution in [3.63, 3.8) is 0 Å². The fraction of sp³-hybridized carbons (Fsp3) is 0.318. The molecular formula is C22H23NO6. The van der Waals surface area contributed by atoms with Crippen molar-refractivity contribution >= 4 is 18.0 Å². The van der Waals surface area contributed by atoms with E-state index in [2.05, 4.69) is 10.1 Å². The summed E-state index contributed by atoms with van der Waals surface area (Å²) in [5.74, 6) is -2.46. The first kappa shape index (κ1) is 20.4. The van der Waals surface area contributed by atoms with E-state index in [-0.39, 0.29) is 18.4 Å². The summed E-state index contributed by atoms with van der Waals surface area (Å²) < 4.78 is 10.1. The minimum absolute atomic E-state index is 0.0930. The number of carbonyl (C=O) groups is 3. The molecule has 1 amide bonds. The molecule has 29 heavy (non-hydrogen) atoms. The smallest absolute Gasteiger partial charge is 0.407 e.